The summed E-state index contributed by atoms with van der Waals surface area (Å²) in [5, 5.41) is 3.04. The maximum atomic E-state index is 12.4. The van der Waals surface area contributed by atoms with Crippen molar-refractivity contribution in [1.29, 1.82) is 0 Å². The maximum absolute atomic E-state index is 12.4. The number of benzene rings is 1. The standard InChI is InChI=1S/C26H38N3O7P/c1-4-9-20(10-5-2)17-33-24(31)16-27-37(36-21-11-7-6-8-12-21)34-18-22-15-19(3)25(35-22)29-14-13-23(30)28-26(29)32/h6-8,11-14,19-20,22,25,27H,4-5,9-10,15-18H2,1-3H3,(H,28,30,32). The molecule has 0 bridgehead atoms. The number of hydrogen-bond donors (Lipinski definition) is 2. The van der Waals surface area contributed by atoms with Gasteiger partial charge in [-0.1, -0.05) is 51.8 Å². The van der Waals surface area contributed by atoms with E-state index in [2.05, 4.69) is 23.9 Å². The monoisotopic (exact) mass is 535 g/mol. The largest absolute Gasteiger partial charge is 0.464 e. The van der Waals surface area contributed by atoms with Crippen molar-refractivity contribution >= 4 is 14.5 Å². The first-order chi connectivity index (χ1) is 17.9. The van der Waals surface area contributed by atoms with E-state index in [1.807, 2.05) is 37.3 Å². The topological polar surface area (TPSA) is 121 Å². The molecule has 11 heteroatoms. The second kappa shape index (κ2) is 15.0. The van der Waals surface area contributed by atoms with Gasteiger partial charge >= 0.3 is 20.2 Å². The number of ether oxygens (including phenoxy) is 2. The lowest BCUT2D eigenvalue weighted by Crippen LogP contribution is -2.33. The molecule has 1 saturated heterocycles. The summed E-state index contributed by atoms with van der Waals surface area (Å²) in [5.74, 6) is 0.661. The third-order valence-corrected chi connectivity index (χ3v) is 7.29. The summed E-state index contributed by atoms with van der Waals surface area (Å²) in [6, 6.07) is 10.5. The molecule has 37 heavy (non-hydrogen) atoms. The zero-order valence-corrected chi connectivity index (χ0v) is 22.7. The van der Waals surface area contributed by atoms with Gasteiger partial charge in [-0.05, 0) is 37.3 Å². The molecule has 0 radical (unpaired) electrons. The van der Waals surface area contributed by atoms with Crippen LogP contribution in [0.1, 0.15) is 59.1 Å². The van der Waals surface area contributed by atoms with E-state index in [-0.39, 0.29) is 31.1 Å². The van der Waals surface area contributed by atoms with Gasteiger partial charge in [0.2, 0.25) is 0 Å². The number of nitrogens with zero attached hydrogens (tertiary/aromatic N) is 1. The first-order valence-electron chi connectivity index (χ1n) is 12.9. The van der Waals surface area contributed by atoms with Crippen LogP contribution in [0.2, 0.25) is 0 Å². The third kappa shape index (κ3) is 9.38. The number of para-hydroxylation sites is 1. The van der Waals surface area contributed by atoms with E-state index < -0.39 is 26.0 Å². The van der Waals surface area contributed by atoms with Crippen LogP contribution in [0.3, 0.4) is 0 Å². The molecule has 4 atom stereocenters. The lowest BCUT2D eigenvalue weighted by Gasteiger charge is -2.21. The number of carbonyl (C=O) groups excluding carboxylic acids is 1. The van der Waals surface area contributed by atoms with Crippen LogP contribution >= 0.6 is 8.53 Å². The minimum atomic E-state index is -1.67. The van der Waals surface area contributed by atoms with E-state index >= 15 is 0 Å². The number of rotatable bonds is 15. The molecule has 2 N–H and O–H groups in total. The molecule has 2 heterocycles. The molecule has 1 fully saturated rings. The highest BCUT2D eigenvalue weighted by Crippen LogP contribution is 2.38. The van der Waals surface area contributed by atoms with E-state index in [9.17, 15) is 14.4 Å². The van der Waals surface area contributed by atoms with Gasteiger partial charge in [-0.15, -0.1) is 0 Å². The molecule has 1 aromatic heterocycles. The third-order valence-electron chi connectivity index (χ3n) is 6.11. The lowest BCUT2D eigenvalue weighted by molar-refractivity contribution is -0.143. The number of esters is 1. The fourth-order valence-electron chi connectivity index (χ4n) is 4.34. The van der Waals surface area contributed by atoms with Gasteiger partial charge < -0.3 is 18.5 Å². The number of aromatic nitrogens is 2. The molecule has 0 spiro atoms. The highest BCUT2D eigenvalue weighted by molar-refractivity contribution is 7.45. The molecule has 2 aromatic rings. The highest BCUT2D eigenvalue weighted by atomic mass is 31.2. The van der Waals surface area contributed by atoms with Gasteiger partial charge in [-0.3, -0.25) is 19.1 Å². The van der Waals surface area contributed by atoms with Crippen molar-refractivity contribution in [3.05, 3.63) is 63.4 Å². The van der Waals surface area contributed by atoms with Crippen molar-refractivity contribution in [2.24, 2.45) is 11.8 Å². The molecule has 1 aromatic carbocycles. The average molecular weight is 536 g/mol. The zero-order valence-electron chi connectivity index (χ0n) is 21.8. The minimum absolute atomic E-state index is 0.0283. The molecule has 10 nitrogen and oxygen atoms in total. The summed E-state index contributed by atoms with van der Waals surface area (Å²) < 4.78 is 24.9. The summed E-state index contributed by atoms with van der Waals surface area (Å²) in [5.41, 5.74) is -0.966. The second-order valence-corrected chi connectivity index (χ2v) is 10.6. The average Bonchev–Trinajstić information content (AvgIpc) is 3.25. The van der Waals surface area contributed by atoms with Gasteiger partial charge in [0.25, 0.3) is 5.56 Å². The van der Waals surface area contributed by atoms with Crippen LogP contribution in [0.15, 0.2) is 52.2 Å². The summed E-state index contributed by atoms with van der Waals surface area (Å²) in [6.07, 6.45) is 5.48. The van der Waals surface area contributed by atoms with Crippen LogP contribution in [-0.2, 0) is 18.8 Å². The molecule has 4 unspecified atom stereocenters. The molecular formula is C26H38N3O7P. The van der Waals surface area contributed by atoms with Crippen LogP contribution in [0, 0.1) is 11.8 Å². The van der Waals surface area contributed by atoms with Gasteiger partial charge in [0, 0.05) is 18.2 Å². The molecule has 1 aliphatic heterocycles. The van der Waals surface area contributed by atoms with Crippen molar-refractivity contribution in [2.75, 3.05) is 19.8 Å². The lowest BCUT2D eigenvalue weighted by atomic mass is 9.99. The van der Waals surface area contributed by atoms with Crippen LogP contribution in [0.5, 0.6) is 5.75 Å². The molecule has 1 aliphatic rings. The quantitative estimate of drug-likeness (QED) is 0.258. The smallest absolute Gasteiger partial charge is 0.330 e. The predicted octanol–water partition coefficient (Wildman–Crippen LogP) is 4.13. The van der Waals surface area contributed by atoms with E-state index in [1.165, 1.54) is 16.8 Å². The molecule has 0 saturated carbocycles. The van der Waals surface area contributed by atoms with Crippen molar-refractivity contribution in [3.8, 4) is 5.75 Å². The number of hydrogen-bond acceptors (Lipinski definition) is 8. The van der Waals surface area contributed by atoms with E-state index in [1.54, 1.807) is 0 Å². The van der Waals surface area contributed by atoms with Crippen LogP contribution < -0.4 is 20.9 Å². The molecule has 0 amide bonds. The van der Waals surface area contributed by atoms with Crippen LogP contribution in [-0.4, -0.2) is 41.4 Å². The Morgan fingerprint density at radius 2 is 1.92 bits per heavy atom. The van der Waals surface area contributed by atoms with Crippen LogP contribution in [0.4, 0.5) is 0 Å². The van der Waals surface area contributed by atoms with Crippen molar-refractivity contribution < 1.29 is 23.3 Å². The fraction of sp³-hybridized carbons (Fsp3) is 0.577. The van der Waals surface area contributed by atoms with Crippen LogP contribution in [0.25, 0.3) is 0 Å². The zero-order chi connectivity index (χ0) is 26.6. The first kappa shape index (κ1) is 29.0. The van der Waals surface area contributed by atoms with Gasteiger partial charge in [-0.25, -0.2) is 9.88 Å². The Morgan fingerprint density at radius 3 is 2.59 bits per heavy atom. The predicted molar refractivity (Wildman–Crippen MR) is 141 cm³/mol. The fourth-order valence-corrected chi connectivity index (χ4v) is 5.42. The van der Waals surface area contributed by atoms with Crippen molar-refractivity contribution in [1.82, 2.24) is 14.6 Å². The molecule has 0 aliphatic carbocycles. The molecular weight excluding hydrogens is 497 g/mol. The van der Waals surface area contributed by atoms with E-state index in [4.69, 9.17) is 18.5 Å². The van der Waals surface area contributed by atoms with Gasteiger partial charge in [0.15, 0.2) is 0 Å². The van der Waals surface area contributed by atoms with E-state index in [0.29, 0.717) is 24.7 Å². The normalized spacial score (nSPS) is 20.2. The molecule has 3 rings (SSSR count). The summed E-state index contributed by atoms with van der Waals surface area (Å²) >= 11 is 0. The number of nitrogens with one attached hydrogen (secondary N) is 2. The Kier molecular flexibility index (Phi) is 11.8. The SMILES string of the molecule is CCCC(CCC)COC(=O)CNP(OCC1CC(C)C(n2ccc(=O)[nH]c2=O)O1)Oc1ccccc1. The van der Waals surface area contributed by atoms with E-state index in [0.717, 1.165) is 25.7 Å². The second-order valence-electron chi connectivity index (χ2n) is 9.30. The van der Waals surface area contributed by atoms with Gasteiger partial charge in [-0.2, -0.15) is 0 Å². The summed E-state index contributed by atoms with van der Waals surface area (Å²) in [6.45, 7) is 6.82. The van der Waals surface area contributed by atoms with Crippen molar-refractivity contribution in [2.45, 2.75) is 65.2 Å². The number of H-pyrrole nitrogens is 1. The summed E-state index contributed by atoms with van der Waals surface area (Å²) in [7, 11) is -1.67. The summed E-state index contributed by atoms with van der Waals surface area (Å²) in [4.78, 5) is 38.2. The van der Waals surface area contributed by atoms with Gasteiger partial charge in [0.05, 0.1) is 19.3 Å². The van der Waals surface area contributed by atoms with Gasteiger partial charge in [0.1, 0.15) is 18.5 Å². The Balaban J connectivity index is 1.55. The number of carbonyl (C=O) groups is 1. The first-order valence-corrected chi connectivity index (χ1v) is 14.1. The Morgan fingerprint density at radius 1 is 1.19 bits per heavy atom. The Bertz CT molecular complexity index is 1070. The highest BCUT2D eigenvalue weighted by Gasteiger charge is 2.35. The minimum Gasteiger partial charge on any atom is -0.464 e. The maximum Gasteiger partial charge on any atom is 0.330 e. The molecule has 204 valence electrons. The Labute approximate surface area is 218 Å². The van der Waals surface area contributed by atoms with Crippen molar-refractivity contribution in [3.63, 3.8) is 0 Å². The Hall–Kier alpha value is -2.52. The number of aromatic amines is 1.